The molecule has 1 atom stereocenters. The fraction of sp³-hybridized carbons (Fsp3) is 0.467. The first-order valence-corrected chi connectivity index (χ1v) is 8.55. The highest BCUT2D eigenvalue weighted by atomic mass is 79.9. The first-order chi connectivity index (χ1) is 9.97. The van der Waals surface area contributed by atoms with Crippen molar-refractivity contribution in [2.24, 2.45) is 0 Å². The predicted molar refractivity (Wildman–Crippen MR) is 87.4 cm³/mol. The van der Waals surface area contributed by atoms with E-state index in [1.165, 1.54) is 0 Å². The maximum atomic E-state index is 12.7. The number of carbonyl (C=O) groups is 2. The Hall–Kier alpha value is -0.880. The summed E-state index contributed by atoms with van der Waals surface area (Å²) < 4.78 is 1.69. The third-order valence-corrected chi connectivity index (χ3v) is 4.60. The first-order valence-electron chi connectivity index (χ1n) is 6.96. The number of carboxylic acids is 1. The van der Waals surface area contributed by atoms with E-state index in [-0.39, 0.29) is 18.4 Å². The summed E-state index contributed by atoms with van der Waals surface area (Å²) in [4.78, 5) is 25.3. The smallest absolute Gasteiger partial charge is 0.303 e. The lowest BCUT2D eigenvalue weighted by atomic mass is 9.97. The van der Waals surface area contributed by atoms with Crippen LogP contribution in [0.2, 0.25) is 0 Å². The van der Waals surface area contributed by atoms with E-state index in [1.807, 2.05) is 11.0 Å². The SMILES string of the molecule is O=C(O)CCC1CCCCN1C(=O)c1cc(Br)cc(Br)c1. The van der Waals surface area contributed by atoms with Crippen LogP contribution in [0.4, 0.5) is 0 Å². The van der Waals surface area contributed by atoms with Gasteiger partial charge in [-0.3, -0.25) is 9.59 Å². The number of halogens is 2. The molecule has 0 spiro atoms. The lowest BCUT2D eigenvalue weighted by molar-refractivity contribution is -0.137. The van der Waals surface area contributed by atoms with Crippen LogP contribution in [-0.2, 0) is 4.79 Å². The summed E-state index contributed by atoms with van der Waals surface area (Å²) in [6.07, 6.45) is 3.54. The summed E-state index contributed by atoms with van der Waals surface area (Å²) in [6.45, 7) is 0.702. The van der Waals surface area contributed by atoms with Gasteiger partial charge in [-0.25, -0.2) is 0 Å². The Kier molecular flexibility index (Phi) is 5.81. The molecule has 1 saturated heterocycles. The number of carboxylic acid groups (broad SMARTS) is 1. The van der Waals surface area contributed by atoms with Gasteiger partial charge in [0, 0.05) is 33.5 Å². The summed E-state index contributed by atoms with van der Waals surface area (Å²) in [5.74, 6) is -0.828. The zero-order valence-electron chi connectivity index (χ0n) is 11.5. The second-order valence-corrected chi connectivity index (χ2v) is 7.07. The monoisotopic (exact) mass is 417 g/mol. The van der Waals surface area contributed by atoms with E-state index >= 15 is 0 Å². The molecule has 4 nitrogen and oxygen atoms in total. The van der Waals surface area contributed by atoms with Crippen LogP contribution in [0.5, 0.6) is 0 Å². The summed E-state index contributed by atoms with van der Waals surface area (Å²) in [5.41, 5.74) is 0.624. The van der Waals surface area contributed by atoms with Crippen molar-refractivity contribution in [3.05, 3.63) is 32.7 Å². The molecule has 1 aliphatic rings. The molecule has 0 saturated carbocycles. The zero-order chi connectivity index (χ0) is 15.4. The molecule has 0 radical (unpaired) electrons. The first kappa shape index (κ1) is 16.5. The van der Waals surface area contributed by atoms with Gasteiger partial charge in [-0.2, -0.15) is 0 Å². The number of piperidine rings is 1. The third-order valence-electron chi connectivity index (χ3n) is 3.69. The van der Waals surface area contributed by atoms with Gasteiger partial charge in [-0.15, -0.1) is 0 Å². The van der Waals surface area contributed by atoms with Crippen molar-refractivity contribution in [2.45, 2.75) is 38.1 Å². The van der Waals surface area contributed by atoms with Crippen molar-refractivity contribution in [2.75, 3.05) is 6.54 Å². The maximum absolute atomic E-state index is 12.7. The molecular weight excluding hydrogens is 402 g/mol. The van der Waals surface area contributed by atoms with E-state index < -0.39 is 5.97 Å². The summed E-state index contributed by atoms with van der Waals surface area (Å²) in [5, 5.41) is 8.84. The van der Waals surface area contributed by atoms with Crippen LogP contribution < -0.4 is 0 Å². The van der Waals surface area contributed by atoms with Crippen LogP contribution >= 0.6 is 31.9 Å². The van der Waals surface area contributed by atoms with Gasteiger partial charge in [0.2, 0.25) is 0 Å². The molecule has 1 aromatic rings. The van der Waals surface area contributed by atoms with E-state index in [4.69, 9.17) is 5.11 Å². The molecule has 1 aromatic carbocycles. The topological polar surface area (TPSA) is 57.6 Å². The average molecular weight is 419 g/mol. The Bertz CT molecular complexity index is 527. The summed E-state index contributed by atoms with van der Waals surface area (Å²) in [7, 11) is 0. The molecule has 1 heterocycles. The molecule has 0 aromatic heterocycles. The quantitative estimate of drug-likeness (QED) is 0.801. The van der Waals surface area contributed by atoms with Gasteiger partial charge in [0.25, 0.3) is 5.91 Å². The van der Waals surface area contributed by atoms with Crippen molar-refractivity contribution in [1.82, 2.24) is 4.90 Å². The number of likely N-dealkylation sites (tertiary alicyclic amines) is 1. The van der Waals surface area contributed by atoms with Crippen molar-refractivity contribution in [3.63, 3.8) is 0 Å². The number of amides is 1. The van der Waals surface area contributed by atoms with Gasteiger partial charge in [0.1, 0.15) is 0 Å². The van der Waals surface area contributed by atoms with Crippen LogP contribution in [0.25, 0.3) is 0 Å². The van der Waals surface area contributed by atoms with E-state index in [9.17, 15) is 9.59 Å². The van der Waals surface area contributed by atoms with Gasteiger partial charge in [0.15, 0.2) is 0 Å². The van der Waals surface area contributed by atoms with Gasteiger partial charge < -0.3 is 10.0 Å². The van der Waals surface area contributed by atoms with E-state index in [1.54, 1.807) is 12.1 Å². The Morgan fingerprint density at radius 2 is 1.86 bits per heavy atom. The van der Waals surface area contributed by atoms with Gasteiger partial charge in [-0.05, 0) is 43.9 Å². The lowest BCUT2D eigenvalue weighted by Gasteiger charge is -2.35. The molecule has 0 bridgehead atoms. The Morgan fingerprint density at radius 3 is 2.48 bits per heavy atom. The van der Waals surface area contributed by atoms with E-state index in [0.717, 1.165) is 28.2 Å². The molecule has 1 N–H and O–H groups in total. The van der Waals surface area contributed by atoms with Crippen molar-refractivity contribution in [1.29, 1.82) is 0 Å². The van der Waals surface area contributed by atoms with Crippen LogP contribution in [0.1, 0.15) is 42.5 Å². The Balaban J connectivity index is 2.15. The minimum absolute atomic E-state index is 0.0212. The fourth-order valence-electron chi connectivity index (χ4n) is 2.70. The number of nitrogens with zero attached hydrogens (tertiary/aromatic N) is 1. The second-order valence-electron chi connectivity index (χ2n) is 5.24. The molecule has 0 aliphatic carbocycles. The number of aliphatic carboxylic acids is 1. The minimum atomic E-state index is -0.807. The molecule has 1 fully saturated rings. The lowest BCUT2D eigenvalue weighted by Crippen LogP contribution is -2.44. The molecule has 6 heteroatoms. The highest BCUT2D eigenvalue weighted by Gasteiger charge is 2.28. The van der Waals surface area contributed by atoms with Gasteiger partial charge >= 0.3 is 5.97 Å². The highest BCUT2D eigenvalue weighted by molar-refractivity contribution is 9.11. The standard InChI is InChI=1S/C15H17Br2NO3/c16-11-7-10(8-12(17)9-11)15(21)18-6-2-1-3-13(18)4-5-14(19)20/h7-9,13H,1-6H2,(H,19,20). The third kappa shape index (κ3) is 4.54. The van der Waals surface area contributed by atoms with Crippen molar-refractivity contribution < 1.29 is 14.7 Å². The normalized spacial score (nSPS) is 18.6. The highest BCUT2D eigenvalue weighted by Crippen LogP contribution is 2.26. The molecule has 114 valence electrons. The molecule has 1 aliphatic heterocycles. The number of hydrogen-bond acceptors (Lipinski definition) is 2. The molecule has 2 rings (SSSR count). The Labute approximate surface area is 140 Å². The van der Waals surface area contributed by atoms with E-state index in [2.05, 4.69) is 31.9 Å². The van der Waals surface area contributed by atoms with Crippen molar-refractivity contribution >= 4 is 43.7 Å². The number of carbonyl (C=O) groups excluding carboxylic acids is 1. The summed E-state index contributed by atoms with van der Waals surface area (Å²) >= 11 is 6.78. The van der Waals surface area contributed by atoms with Crippen LogP contribution in [0, 0.1) is 0 Å². The average Bonchev–Trinajstić information content (AvgIpc) is 2.43. The van der Waals surface area contributed by atoms with Crippen molar-refractivity contribution in [3.8, 4) is 0 Å². The fourth-order valence-corrected chi connectivity index (χ4v) is 3.99. The maximum Gasteiger partial charge on any atom is 0.303 e. The predicted octanol–water partition coefficient (Wildman–Crippen LogP) is 4.07. The van der Waals surface area contributed by atoms with Gasteiger partial charge in [-0.1, -0.05) is 31.9 Å². The summed E-state index contributed by atoms with van der Waals surface area (Å²) in [6, 6.07) is 5.51. The second kappa shape index (κ2) is 7.40. The minimum Gasteiger partial charge on any atom is -0.481 e. The van der Waals surface area contributed by atoms with E-state index in [0.29, 0.717) is 18.5 Å². The number of benzene rings is 1. The molecule has 1 amide bonds. The molecule has 1 unspecified atom stereocenters. The molecule has 21 heavy (non-hydrogen) atoms. The number of hydrogen-bond donors (Lipinski definition) is 1. The zero-order valence-corrected chi connectivity index (χ0v) is 14.7. The molecular formula is C15H17Br2NO3. The van der Waals surface area contributed by atoms with Gasteiger partial charge in [0.05, 0.1) is 0 Å². The van der Waals surface area contributed by atoms with Crippen LogP contribution in [0.15, 0.2) is 27.1 Å². The largest absolute Gasteiger partial charge is 0.481 e. The van der Waals surface area contributed by atoms with Crippen LogP contribution in [0.3, 0.4) is 0 Å². The Morgan fingerprint density at radius 1 is 1.19 bits per heavy atom. The number of rotatable bonds is 4. The van der Waals surface area contributed by atoms with Crippen LogP contribution in [-0.4, -0.2) is 34.5 Å².